The lowest BCUT2D eigenvalue weighted by Crippen LogP contribution is -2.54. The number of para-hydroxylation sites is 1. The van der Waals surface area contributed by atoms with E-state index in [1.807, 2.05) is 18.2 Å². The lowest BCUT2D eigenvalue weighted by atomic mass is 10.1. The minimum atomic E-state index is -0.744. The summed E-state index contributed by atoms with van der Waals surface area (Å²) in [5, 5.41) is 2.20. The molecule has 0 spiro atoms. The average Bonchev–Trinajstić information content (AvgIpc) is 2.54. The molecule has 0 bridgehead atoms. The fourth-order valence-electron chi connectivity index (χ4n) is 2.22. The number of carbonyl (C=O) groups excluding carboxylic acids is 3. The highest BCUT2D eigenvalue weighted by molar-refractivity contribution is 14.1. The van der Waals surface area contributed by atoms with Gasteiger partial charge in [0, 0.05) is 3.57 Å². The first kappa shape index (κ1) is 15.4. The van der Waals surface area contributed by atoms with Crippen LogP contribution < -0.4 is 10.2 Å². The van der Waals surface area contributed by atoms with Crippen molar-refractivity contribution in [2.45, 2.75) is 0 Å². The van der Waals surface area contributed by atoms with Crippen molar-refractivity contribution in [3.63, 3.8) is 0 Å². The van der Waals surface area contributed by atoms with Gasteiger partial charge in [-0.2, -0.15) is 0 Å². The van der Waals surface area contributed by atoms with Gasteiger partial charge in [-0.15, -0.1) is 0 Å². The molecule has 1 saturated heterocycles. The van der Waals surface area contributed by atoms with Gasteiger partial charge in [0.2, 0.25) is 0 Å². The second-order valence-electron chi connectivity index (χ2n) is 4.81. The summed E-state index contributed by atoms with van der Waals surface area (Å²) in [4.78, 5) is 37.7. The summed E-state index contributed by atoms with van der Waals surface area (Å²) >= 11 is 2.12. The van der Waals surface area contributed by atoms with Crippen molar-refractivity contribution >= 4 is 52.2 Å². The summed E-state index contributed by atoms with van der Waals surface area (Å²) in [7, 11) is 0. The number of rotatable bonds is 2. The molecule has 4 amide bonds. The molecular formula is C17H11IN2O3. The van der Waals surface area contributed by atoms with Crippen LogP contribution in [0.3, 0.4) is 0 Å². The zero-order valence-corrected chi connectivity index (χ0v) is 14.0. The number of hydrogen-bond donors (Lipinski definition) is 1. The molecule has 3 rings (SSSR count). The fourth-order valence-corrected chi connectivity index (χ4v) is 2.76. The molecule has 114 valence electrons. The van der Waals surface area contributed by atoms with Crippen molar-refractivity contribution in [3.8, 4) is 0 Å². The maximum Gasteiger partial charge on any atom is 0.335 e. The van der Waals surface area contributed by atoms with E-state index in [0.29, 0.717) is 5.69 Å². The number of imide groups is 2. The van der Waals surface area contributed by atoms with Gasteiger partial charge in [0.1, 0.15) is 5.57 Å². The van der Waals surface area contributed by atoms with Gasteiger partial charge in [0.15, 0.2) is 0 Å². The average molecular weight is 418 g/mol. The van der Waals surface area contributed by atoms with Crippen molar-refractivity contribution in [2.75, 3.05) is 4.90 Å². The van der Waals surface area contributed by atoms with E-state index in [0.717, 1.165) is 14.0 Å². The Morgan fingerprint density at radius 3 is 2.26 bits per heavy atom. The number of amides is 4. The van der Waals surface area contributed by atoms with Gasteiger partial charge in [-0.05, 0) is 52.4 Å². The first-order chi connectivity index (χ1) is 11.1. The van der Waals surface area contributed by atoms with Crippen molar-refractivity contribution in [1.82, 2.24) is 5.32 Å². The molecule has 0 saturated carbocycles. The predicted octanol–water partition coefficient (Wildman–Crippen LogP) is 2.96. The number of nitrogens with zero attached hydrogens (tertiary/aromatic N) is 1. The summed E-state index contributed by atoms with van der Waals surface area (Å²) in [5.41, 5.74) is 1.09. The van der Waals surface area contributed by atoms with Gasteiger partial charge >= 0.3 is 6.03 Å². The summed E-state index contributed by atoms with van der Waals surface area (Å²) in [6.07, 6.45) is 1.50. The number of carbonyl (C=O) groups is 3. The third kappa shape index (κ3) is 3.02. The summed E-state index contributed by atoms with van der Waals surface area (Å²) in [6, 6.07) is 15.1. The number of nitrogens with one attached hydrogen (secondary N) is 1. The third-order valence-electron chi connectivity index (χ3n) is 3.32. The highest BCUT2D eigenvalue weighted by Crippen LogP contribution is 2.22. The summed E-state index contributed by atoms with van der Waals surface area (Å²) < 4.78 is 0.904. The summed E-state index contributed by atoms with van der Waals surface area (Å²) in [5.74, 6) is -1.32. The highest BCUT2D eigenvalue weighted by atomic mass is 127. The molecule has 1 aliphatic rings. The molecule has 23 heavy (non-hydrogen) atoms. The van der Waals surface area contributed by atoms with Gasteiger partial charge in [-0.25, -0.2) is 9.69 Å². The van der Waals surface area contributed by atoms with E-state index in [4.69, 9.17) is 0 Å². The van der Waals surface area contributed by atoms with Crippen molar-refractivity contribution < 1.29 is 14.4 Å². The quantitative estimate of drug-likeness (QED) is 0.464. The van der Waals surface area contributed by atoms with E-state index in [9.17, 15) is 14.4 Å². The Labute approximate surface area is 146 Å². The van der Waals surface area contributed by atoms with Crippen molar-refractivity contribution in [2.24, 2.45) is 0 Å². The SMILES string of the molecule is O=C1NC(=O)N(c2ccccc2)C(=O)/C1=C\c1ccccc1I. The van der Waals surface area contributed by atoms with E-state index in [2.05, 4.69) is 27.9 Å². The normalized spacial score (nSPS) is 16.7. The standard InChI is InChI=1S/C17H11IN2O3/c18-14-9-5-4-6-11(14)10-13-15(21)19-17(23)20(16(13)22)12-7-2-1-3-8-12/h1-10H,(H,19,21,23)/b13-10-. The molecule has 0 aliphatic carbocycles. The lowest BCUT2D eigenvalue weighted by molar-refractivity contribution is -0.122. The highest BCUT2D eigenvalue weighted by Gasteiger charge is 2.36. The number of hydrogen-bond acceptors (Lipinski definition) is 3. The van der Waals surface area contributed by atoms with Crippen LogP contribution in [0.1, 0.15) is 5.56 Å². The maximum absolute atomic E-state index is 12.6. The zero-order chi connectivity index (χ0) is 16.4. The molecule has 1 heterocycles. The molecule has 0 aromatic heterocycles. The molecule has 1 fully saturated rings. The van der Waals surface area contributed by atoms with Crippen LogP contribution in [-0.4, -0.2) is 17.8 Å². The molecule has 2 aromatic carbocycles. The molecule has 2 aromatic rings. The fraction of sp³-hybridized carbons (Fsp3) is 0. The largest absolute Gasteiger partial charge is 0.335 e. The third-order valence-corrected chi connectivity index (χ3v) is 4.30. The Morgan fingerprint density at radius 2 is 1.57 bits per heavy atom. The van der Waals surface area contributed by atoms with Crippen LogP contribution in [0, 0.1) is 3.57 Å². The van der Waals surface area contributed by atoms with E-state index < -0.39 is 17.8 Å². The molecule has 6 heteroatoms. The van der Waals surface area contributed by atoms with Crippen LogP contribution in [0.25, 0.3) is 6.08 Å². The Hall–Kier alpha value is -2.48. The van der Waals surface area contributed by atoms with Crippen molar-refractivity contribution in [1.29, 1.82) is 0 Å². The van der Waals surface area contributed by atoms with Gasteiger partial charge in [-0.3, -0.25) is 14.9 Å². The van der Waals surface area contributed by atoms with E-state index in [1.165, 1.54) is 6.08 Å². The molecule has 0 unspecified atom stereocenters. The summed E-state index contributed by atoms with van der Waals surface area (Å²) in [6.45, 7) is 0. The van der Waals surface area contributed by atoms with Crippen LogP contribution in [0.4, 0.5) is 10.5 Å². The maximum atomic E-state index is 12.6. The lowest BCUT2D eigenvalue weighted by Gasteiger charge is -2.26. The Kier molecular flexibility index (Phi) is 4.24. The van der Waals surface area contributed by atoms with Gasteiger partial charge in [0.05, 0.1) is 5.69 Å². The van der Waals surface area contributed by atoms with Crippen molar-refractivity contribution in [3.05, 3.63) is 69.3 Å². The Morgan fingerprint density at radius 1 is 0.913 bits per heavy atom. The van der Waals surface area contributed by atoms with Crippen LogP contribution >= 0.6 is 22.6 Å². The minimum absolute atomic E-state index is 0.0717. The van der Waals surface area contributed by atoms with E-state index >= 15 is 0 Å². The molecule has 1 aliphatic heterocycles. The smallest absolute Gasteiger partial charge is 0.273 e. The minimum Gasteiger partial charge on any atom is -0.273 e. The molecular weight excluding hydrogens is 407 g/mol. The van der Waals surface area contributed by atoms with Crippen LogP contribution in [0.15, 0.2) is 60.2 Å². The van der Waals surface area contributed by atoms with Crippen LogP contribution in [-0.2, 0) is 9.59 Å². The number of benzene rings is 2. The zero-order valence-electron chi connectivity index (χ0n) is 11.8. The number of barbiturate groups is 1. The number of halogens is 1. The number of urea groups is 1. The topological polar surface area (TPSA) is 66.5 Å². The molecule has 0 atom stereocenters. The Balaban J connectivity index is 2.04. The van der Waals surface area contributed by atoms with E-state index in [1.54, 1.807) is 36.4 Å². The second kappa shape index (κ2) is 6.33. The number of anilines is 1. The Bertz CT molecular complexity index is 831. The van der Waals surface area contributed by atoms with Gasteiger partial charge in [-0.1, -0.05) is 36.4 Å². The van der Waals surface area contributed by atoms with E-state index in [-0.39, 0.29) is 5.57 Å². The van der Waals surface area contributed by atoms with Gasteiger partial charge < -0.3 is 0 Å². The van der Waals surface area contributed by atoms with Crippen LogP contribution in [0.5, 0.6) is 0 Å². The molecule has 1 N–H and O–H groups in total. The predicted molar refractivity (Wildman–Crippen MR) is 94.6 cm³/mol. The first-order valence-electron chi connectivity index (χ1n) is 6.79. The van der Waals surface area contributed by atoms with Gasteiger partial charge in [0.25, 0.3) is 11.8 Å². The second-order valence-corrected chi connectivity index (χ2v) is 5.98. The molecule has 0 radical (unpaired) electrons. The molecule has 5 nitrogen and oxygen atoms in total. The monoisotopic (exact) mass is 418 g/mol. The van der Waals surface area contributed by atoms with Crippen LogP contribution in [0.2, 0.25) is 0 Å². The first-order valence-corrected chi connectivity index (χ1v) is 7.87.